The maximum absolute atomic E-state index is 5.16. The lowest BCUT2D eigenvalue weighted by Crippen LogP contribution is -2.30. The molecule has 2 aromatic heterocycles. The molecule has 0 saturated carbocycles. The van der Waals surface area contributed by atoms with E-state index in [1.165, 1.54) is 0 Å². The van der Waals surface area contributed by atoms with Crippen LogP contribution in [-0.4, -0.2) is 35.4 Å². The van der Waals surface area contributed by atoms with Gasteiger partial charge in [0.15, 0.2) is 0 Å². The van der Waals surface area contributed by atoms with E-state index in [0.717, 1.165) is 42.9 Å². The van der Waals surface area contributed by atoms with Gasteiger partial charge >= 0.3 is 0 Å². The average Bonchev–Trinajstić information content (AvgIpc) is 2.94. The Kier molecular flexibility index (Phi) is 5.47. The number of nitrogens with one attached hydrogen (secondary N) is 2. The quantitative estimate of drug-likeness (QED) is 0.784. The van der Waals surface area contributed by atoms with Crippen molar-refractivity contribution in [1.29, 1.82) is 0 Å². The molecule has 0 aliphatic rings. The fraction of sp³-hybridized carbons (Fsp3) is 0.500. The highest BCUT2D eigenvalue weighted by Gasteiger charge is 2.17. The smallest absolute Gasteiger partial charge is 0.0710 e. The summed E-state index contributed by atoms with van der Waals surface area (Å²) in [4.78, 5) is 4.15. The first-order valence-corrected chi connectivity index (χ1v) is 7.25. The Bertz CT molecular complexity index is 536. The molecule has 0 aromatic carbocycles. The summed E-state index contributed by atoms with van der Waals surface area (Å²) in [5.74, 6) is 0. The Morgan fingerprint density at radius 1 is 1.33 bits per heavy atom. The van der Waals surface area contributed by atoms with Crippen molar-refractivity contribution in [1.82, 2.24) is 20.5 Å². The number of hydrogen-bond donors (Lipinski definition) is 2. The fourth-order valence-corrected chi connectivity index (χ4v) is 2.21. The molecule has 2 N–H and O–H groups in total. The van der Waals surface area contributed by atoms with Crippen LogP contribution in [0.5, 0.6) is 0 Å². The van der Waals surface area contributed by atoms with E-state index >= 15 is 0 Å². The van der Waals surface area contributed by atoms with E-state index in [2.05, 4.69) is 34.3 Å². The van der Waals surface area contributed by atoms with Crippen LogP contribution in [0.4, 0.5) is 0 Å². The van der Waals surface area contributed by atoms with Crippen LogP contribution in [0.25, 0.3) is 11.3 Å². The van der Waals surface area contributed by atoms with Crippen LogP contribution in [0.3, 0.4) is 0 Å². The fourth-order valence-electron chi connectivity index (χ4n) is 2.21. The van der Waals surface area contributed by atoms with Crippen molar-refractivity contribution in [3.05, 3.63) is 36.3 Å². The van der Waals surface area contributed by atoms with Crippen LogP contribution in [0.2, 0.25) is 0 Å². The highest BCUT2D eigenvalue weighted by Crippen LogP contribution is 2.21. The van der Waals surface area contributed by atoms with Crippen LogP contribution < -0.4 is 5.32 Å². The first kappa shape index (κ1) is 15.7. The number of aromatic amines is 1. The van der Waals surface area contributed by atoms with Gasteiger partial charge in [-0.3, -0.25) is 10.1 Å². The maximum Gasteiger partial charge on any atom is 0.0710 e. The molecular formula is C16H24N4O. The molecule has 2 heterocycles. The predicted octanol–water partition coefficient (Wildman–Crippen LogP) is 2.62. The topological polar surface area (TPSA) is 62.8 Å². The Balaban J connectivity index is 1.92. The van der Waals surface area contributed by atoms with Crippen LogP contribution >= 0.6 is 0 Å². The summed E-state index contributed by atoms with van der Waals surface area (Å²) >= 11 is 0. The molecule has 0 spiro atoms. The third kappa shape index (κ3) is 4.65. The second-order valence-electron chi connectivity index (χ2n) is 6.02. The molecule has 5 nitrogen and oxygen atoms in total. The molecule has 0 atom stereocenters. The summed E-state index contributed by atoms with van der Waals surface area (Å²) in [5.41, 5.74) is 3.47. The maximum atomic E-state index is 5.16. The van der Waals surface area contributed by atoms with Gasteiger partial charge in [-0.1, -0.05) is 13.8 Å². The Morgan fingerprint density at radius 2 is 2.19 bits per heavy atom. The Hall–Kier alpha value is -1.72. The number of rotatable bonds is 8. The molecular weight excluding hydrogens is 264 g/mol. The molecule has 21 heavy (non-hydrogen) atoms. The number of hydrogen-bond acceptors (Lipinski definition) is 4. The molecule has 0 amide bonds. The van der Waals surface area contributed by atoms with Crippen molar-refractivity contribution >= 4 is 0 Å². The summed E-state index contributed by atoms with van der Waals surface area (Å²) in [6.45, 7) is 7.01. The lowest BCUT2D eigenvalue weighted by Gasteiger charge is -2.24. The van der Waals surface area contributed by atoms with Crippen LogP contribution in [0, 0.1) is 5.41 Å². The van der Waals surface area contributed by atoms with E-state index < -0.39 is 0 Å². The van der Waals surface area contributed by atoms with E-state index in [-0.39, 0.29) is 5.41 Å². The summed E-state index contributed by atoms with van der Waals surface area (Å²) in [6, 6.07) is 3.97. The first-order chi connectivity index (χ1) is 10.1. The van der Waals surface area contributed by atoms with Crippen molar-refractivity contribution in [2.45, 2.75) is 26.8 Å². The van der Waals surface area contributed by atoms with Gasteiger partial charge in [0.2, 0.25) is 0 Å². The Morgan fingerprint density at radius 3 is 2.90 bits per heavy atom. The zero-order chi connectivity index (χ0) is 15.1. The van der Waals surface area contributed by atoms with Crippen LogP contribution in [0.15, 0.2) is 30.7 Å². The molecule has 0 aliphatic heterocycles. The van der Waals surface area contributed by atoms with Crippen molar-refractivity contribution in [3.8, 4) is 11.3 Å². The standard InChI is InChI=1S/C16H24N4O/c1-16(2,6-8-21-3)12-18-10-14-11-19-20-15(14)13-5-4-7-17-9-13/h4-5,7,9,11,18H,6,8,10,12H2,1-3H3,(H,19,20). The molecule has 2 aromatic rings. The molecule has 0 unspecified atom stereocenters. The van der Waals surface area contributed by atoms with Crippen molar-refractivity contribution in [3.63, 3.8) is 0 Å². The SMILES string of the molecule is COCCC(C)(C)CNCc1cn[nH]c1-c1cccnc1. The highest BCUT2D eigenvalue weighted by molar-refractivity contribution is 5.61. The van der Waals surface area contributed by atoms with E-state index in [4.69, 9.17) is 4.74 Å². The van der Waals surface area contributed by atoms with Gasteiger partial charge in [0.05, 0.1) is 11.9 Å². The van der Waals surface area contributed by atoms with Crippen molar-refractivity contribution in [2.75, 3.05) is 20.3 Å². The summed E-state index contributed by atoms with van der Waals surface area (Å²) in [6.07, 6.45) is 6.53. The largest absolute Gasteiger partial charge is 0.385 e. The zero-order valence-corrected chi connectivity index (χ0v) is 13.0. The minimum Gasteiger partial charge on any atom is -0.385 e. The van der Waals surface area contributed by atoms with Gasteiger partial charge in [0, 0.05) is 50.3 Å². The molecule has 0 radical (unpaired) electrons. The summed E-state index contributed by atoms with van der Waals surface area (Å²) < 4.78 is 5.16. The third-order valence-electron chi connectivity index (χ3n) is 3.57. The summed E-state index contributed by atoms with van der Waals surface area (Å²) in [5, 5.41) is 10.7. The van der Waals surface area contributed by atoms with E-state index in [0.29, 0.717) is 0 Å². The minimum absolute atomic E-state index is 0.216. The van der Waals surface area contributed by atoms with Gasteiger partial charge < -0.3 is 10.1 Å². The van der Waals surface area contributed by atoms with Crippen molar-refractivity contribution in [2.24, 2.45) is 5.41 Å². The van der Waals surface area contributed by atoms with Gasteiger partial charge in [-0.15, -0.1) is 0 Å². The number of methoxy groups -OCH3 is 1. The predicted molar refractivity (Wildman–Crippen MR) is 83.8 cm³/mol. The second kappa shape index (κ2) is 7.33. The number of ether oxygens (including phenoxy) is 1. The molecule has 0 aliphatic carbocycles. The molecule has 2 rings (SSSR count). The average molecular weight is 288 g/mol. The lowest BCUT2D eigenvalue weighted by molar-refractivity contribution is 0.150. The van der Waals surface area contributed by atoms with Gasteiger partial charge in [-0.25, -0.2) is 0 Å². The van der Waals surface area contributed by atoms with Gasteiger partial charge in [0.25, 0.3) is 0 Å². The first-order valence-electron chi connectivity index (χ1n) is 7.25. The van der Waals surface area contributed by atoms with Crippen molar-refractivity contribution < 1.29 is 4.74 Å². The molecule has 0 bridgehead atoms. The lowest BCUT2D eigenvalue weighted by atomic mass is 9.89. The number of pyridine rings is 1. The number of H-pyrrole nitrogens is 1. The normalized spacial score (nSPS) is 11.8. The van der Waals surface area contributed by atoms with Crippen LogP contribution in [0.1, 0.15) is 25.8 Å². The monoisotopic (exact) mass is 288 g/mol. The van der Waals surface area contributed by atoms with E-state index in [1.54, 1.807) is 13.3 Å². The van der Waals surface area contributed by atoms with Gasteiger partial charge in [0.1, 0.15) is 0 Å². The highest BCUT2D eigenvalue weighted by atomic mass is 16.5. The van der Waals surface area contributed by atoms with E-state index in [9.17, 15) is 0 Å². The van der Waals surface area contributed by atoms with Gasteiger partial charge in [-0.2, -0.15) is 5.10 Å². The summed E-state index contributed by atoms with van der Waals surface area (Å²) in [7, 11) is 1.75. The molecule has 114 valence electrons. The molecule has 5 heteroatoms. The zero-order valence-electron chi connectivity index (χ0n) is 13.0. The van der Waals surface area contributed by atoms with Gasteiger partial charge in [-0.05, 0) is 24.0 Å². The Labute approximate surface area is 126 Å². The molecule has 0 saturated heterocycles. The second-order valence-corrected chi connectivity index (χ2v) is 6.02. The minimum atomic E-state index is 0.216. The number of aromatic nitrogens is 3. The van der Waals surface area contributed by atoms with E-state index in [1.807, 2.05) is 24.5 Å². The molecule has 0 fully saturated rings. The van der Waals surface area contributed by atoms with Crippen LogP contribution in [-0.2, 0) is 11.3 Å². The third-order valence-corrected chi connectivity index (χ3v) is 3.57. The number of nitrogens with zero attached hydrogens (tertiary/aromatic N) is 2.